The fraction of sp³-hybridized carbons (Fsp3) is 0.571. The van der Waals surface area contributed by atoms with Gasteiger partial charge in [-0.1, -0.05) is 6.92 Å². The van der Waals surface area contributed by atoms with Gasteiger partial charge in [0.15, 0.2) is 0 Å². The molecule has 1 aliphatic rings. The van der Waals surface area contributed by atoms with E-state index in [4.69, 9.17) is 5.73 Å². The normalized spacial score (nSPS) is 19.5. The number of amides is 2. The van der Waals surface area contributed by atoms with Crippen LogP contribution in [0.15, 0.2) is 6.07 Å². The molecule has 2 rings (SSSR count). The second-order valence-corrected chi connectivity index (χ2v) is 6.29. The van der Waals surface area contributed by atoms with Crippen molar-refractivity contribution in [2.24, 2.45) is 11.7 Å². The molecule has 0 radical (unpaired) electrons. The van der Waals surface area contributed by atoms with Crippen LogP contribution >= 0.6 is 11.3 Å². The Kier molecular flexibility index (Phi) is 4.24. The van der Waals surface area contributed by atoms with Crippen molar-refractivity contribution in [3.05, 3.63) is 21.4 Å². The largest absolute Gasteiger partial charge is 0.369 e. The van der Waals surface area contributed by atoms with E-state index in [1.54, 1.807) is 16.2 Å². The number of aryl methyl sites for hydroxylation is 2. The highest BCUT2D eigenvalue weighted by atomic mass is 32.1. The number of hydrogen-bond acceptors (Lipinski definition) is 3. The van der Waals surface area contributed by atoms with Gasteiger partial charge in [0.05, 0.1) is 10.8 Å². The van der Waals surface area contributed by atoms with Gasteiger partial charge in [0.2, 0.25) is 5.91 Å². The Morgan fingerprint density at radius 2 is 2.26 bits per heavy atom. The molecule has 5 heteroatoms. The number of hydrogen-bond donors (Lipinski definition) is 1. The van der Waals surface area contributed by atoms with Crippen LogP contribution < -0.4 is 5.73 Å². The molecule has 1 fully saturated rings. The summed E-state index contributed by atoms with van der Waals surface area (Å²) in [6.45, 7) is 5.32. The third-order valence-electron chi connectivity index (χ3n) is 3.72. The van der Waals surface area contributed by atoms with Crippen LogP contribution in [0, 0.1) is 12.8 Å². The Labute approximate surface area is 117 Å². The SMILES string of the molecule is CCc1cc(C(=O)N2CCC[C@@H](C(N)=O)C2)sc1C. The van der Waals surface area contributed by atoms with Gasteiger partial charge in [0.25, 0.3) is 5.91 Å². The molecule has 0 bridgehead atoms. The lowest BCUT2D eigenvalue weighted by Gasteiger charge is -2.30. The zero-order valence-electron chi connectivity index (χ0n) is 11.4. The van der Waals surface area contributed by atoms with Gasteiger partial charge in [0.1, 0.15) is 0 Å². The van der Waals surface area contributed by atoms with Crippen LogP contribution in [-0.2, 0) is 11.2 Å². The van der Waals surface area contributed by atoms with Crippen molar-refractivity contribution in [1.82, 2.24) is 4.90 Å². The first-order valence-electron chi connectivity index (χ1n) is 6.70. The van der Waals surface area contributed by atoms with Crippen LogP contribution in [0.1, 0.15) is 39.9 Å². The average molecular weight is 280 g/mol. The number of likely N-dealkylation sites (tertiary alicyclic amines) is 1. The zero-order chi connectivity index (χ0) is 14.0. The van der Waals surface area contributed by atoms with Crippen LogP contribution in [0.5, 0.6) is 0 Å². The summed E-state index contributed by atoms with van der Waals surface area (Å²) < 4.78 is 0. The van der Waals surface area contributed by atoms with E-state index in [1.165, 1.54) is 10.4 Å². The van der Waals surface area contributed by atoms with Gasteiger partial charge in [-0.25, -0.2) is 0 Å². The molecule has 0 aliphatic carbocycles. The quantitative estimate of drug-likeness (QED) is 0.920. The number of nitrogens with zero attached hydrogens (tertiary/aromatic N) is 1. The Hall–Kier alpha value is -1.36. The maximum absolute atomic E-state index is 12.4. The van der Waals surface area contributed by atoms with E-state index in [-0.39, 0.29) is 17.7 Å². The highest BCUT2D eigenvalue weighted by molar-refractivity contribution is 7.14. The number of carbonyl (C=O) groups excluding carboxylic acids is 2. The Bertz CT molecular complexity index is 496. The van der Waals surface area contributed by atoms with Crippen molar-refractivity contribution in [2.75, 3.05) is 13.1 Å². The van der Waals surface area contributed by atoms with E-state index in [9.17, 15) is 9.59 Å². The highest BCUT2D eigenvalue weighted by Gasteiger charge is 2.28. The summed E-state index contributed by atoms with van der Waals surface area (Å²) in [5.74, 6) is -0.447. The van der Waals surface area contributed by atoms with E-state index in [0.29, 0.717) is 6.54 Å². The molecule has 104 valence electrons. The van der Waals surface area contributed by atoms with Crippen molar-refractivity contribution in [1.29, 1.82) is 0 Å². The van der Waals surface area contributed by atoms with Crippen LogP contribution in [0.3, 0.4) is 0 Å². The van der Waals surface area contributed by atoms with Crippen molar-refractivity contribution >= 4 is 23.2 Å². The predicted octanol–water partition coefficient (Wildman–Crippen LogP) is 1.96. The van der Waals surface area contributed by atoms with E-state index < -0.39 is 0 Å². The minimum atomic E-state index is -0.297. The minimum Gasteiger partial charge on any atom is -0.369 e. The molecule has 1 aromatic rings. The molecular formula is C14H20N2O2S. The third-order valence-corrected chi connectivity index (χ3v) is 4.80. The monoisotopic (exact) mass is 280 g/mol. The lowest BCUT2D eigenvalue weighted by atomic mass is 9.97. The Morgan fingerprint density at radius 3 is 2.84 bits per heavy atom. The summed E-state index contributed by atoms with van der Waals surface area (Å²) >= 11 is 1.54. The van der Waals surface area contributed by atoms with E-state index in [1.807, 2.05) is 13.0 Å². The molecule has 0 unspecified atom stereocenters. The van der Waals surface area contributed by atoms with E-state index >= 15 is 0 Å². The van der Waals surface area contributed by atoms with Crippen molar-refractivity contribution in [2.45, 2.75) is 33.1 Å². The molecule has 2 N–H and O–H groups in total. The number of nitrogens with two attached hydrogens (primary N) is 1. The number of rotatable bonds is 3. The molecule has 4 nitrogen and oxygen atoms in total. The highest BCUT2D eigenvalue weighted by Crippen LogP contribution is 2.25. The molecule has 1 aromatic heterocycles. The first-order chi connectivity index (χ1) is 9.02. The fourth-order valence-corrected chi connectivity index (χ4v) is 3.61. The van der Waals surface area contributed by atoms with E-state index in [2.05, 4.69) is 6.92 Å². The lowest BCUT2D eigenvalue weighted by Crippen LogP contribution is -2.43. The Balaban J connectivity index is 2.12. The molecule has 1 atom stereocenters. The van der Waals surface area contributed by atoms with Crippen LogP contribution in [0.25, 0.3) is 0 Å². The molecule has 1 aliphatic heterocycles. The van der Waals surface area contributed by atoms with Crippen molar-refractivity contribution in [3.8, 4) is 0 Å². The van der Waals surface area contributed by atoms with Crippen LogP contribution in [-0.4, -0.2) is 29.8 Å². The standard InChI is InChI=1S/C14H20N2O2S/c1-3-10-7-12(19-9(10)2)14(18)16-6-4-5-11(8-16)13(15)17/h7,11H,3-6,8H2,1-2H3,(H2,15,17)/t11-/m1/s1. The molecule has 19 heavy (non-hydrogen) atoms. The summed E-state index contributed by atoms with van der Waals surface area (Å²) in [7, 11) is 0. The first kappa shape index (κ1) is 14.1. The molecule has 2 amide bonds. The van der Waals surface area contributed by atoms with Gasteiger partial charge in [-0.05, 0) is 37.8 Å². The second kappa shape index (κ2) is 5.74. The summed E-state index contributed by atoms with van der Waals surface area (Å²) in [5.41, 5.74) is 6.58. The smallest absolute Gasteiger partial charge is 0.263 e. The van der Waals surface area contributed by atoms with Gasteiger partial charge in [-0.3, -0.25) is 9.59 Å². The maximum atomic E-state index is 12.4. The van der Waals surface area contributed by atoms with Gasteiger partial charge >= 0.3 is 0 Å². The van der Waals surface area contributed by atoms with Gasteiger partial charge in [-0.2, -0.15) is 0 Å². The number of piperidine rings is 1. The van der Waals surface area contributed by atoms with E-state index in [0.717, 1.165) is 30.7 Å². The van der Waals surface area contributed by atoms with Crippen molar-refractivity contribution < 1.29 is 9.59 Å². The first-order valence-corrected chi connectivity index (χ1v) is 7.52. The van der Waals surface area contributed by atoms with Crippen LogP contribution in [0.4, 0.5) is 0 Å². The van der Waals surface area contributed by atoms with Gasteiger partial charge in [0, 0.05) is 18.0 Å². The Morgan fingerprint density at radius 1 is 1.53 bits per heavy atom. The molecule has 0 aromatic carbocycles. The molecule has 2 heterocycles. The zero-order valence-corrected chi connectivity index (χ0v) is 12.3. The summed E-state index contributed by atoms with van der Waals surface area (Å²) in [6.07, 6.45) is 2.59. The molecule has 0 saturated carbocycles. The average Bonchev–Trinajstić information content (AvgIpc) is 2.79. The fourth-order valence-electron chi connectivity index (χ4n) is 2.53. The topological polar surface area (TPSA) is 63.4 Å². The second-order valence-electron chi connectivity index (χ2n) is 5.04. The molecule has 1 saturated heterocycles. The summed E-state index contributed by atoms with van der Waals surface area (Å²) in [6, 6.07) is 1.98. The van der Waals surface area contributed by atoms with Gasteiger partial charge in [-0.15, -0.1) is 11.3 Å². The maximum Gasteiger partial charge on any atom is 0.263 e. The van der Waals surface area contributed by atoms with Crippen molar-refractivity contribution in [3.63, 3.8) is 0 Å². The van der Waals surface area contributed by atoms with Gasteiger partial charge < -0.3 is 10.6 Å². The summed E-state index contributed by atoms with van der Waals surface area (Å²) in [4.78, 5) is 27.4. The number of thiophene rings is 1. The number of carbonyl (C=O) groups is 2. The lowest BCUT2D eigenvalue weighted by molar-refractivity contribution is -0.123. The number of primary amides is 1. The summed E-state index contributed by atoms with van der Waals surface area (Å²) in [5, 5.41) is 0. The molecule has 0 spiro atoms. The minimum absolute atomic E-state index is 0.0405. The predicted molar refractivity (Wildman–Crippen MR) is 76.3 cm³/mol. The molecular weight excluding hydrogens is 260 g/mol. The third kappa shape index (κ3) is 2.97. The van der Waals surface area contributed by atoms with Crippen LogP contribution in [0.2, 0.25) is 0 Å².